The van der Waals surface area contributed by atoms with Crippen molar-refractivity contribution >= 4 is 11.6 Å². The van der Waals surface area contributed by atoms with Gasteiger partial charge in [0.1, 0.15) is 5.69 Å². The number of nitrogens with one attached hydrogen (secondary N) is 2. The maximum absolute atomic E-state index is 11.8. The zero-order valence-corrected chi connectivity index (χ0v) is 11.6. The van der Waals surface area contributed by atoms with Gasteiger partial charge in [0.15, 0.2) is 0 Å². The number of piperidine rings is 1. The smallest absolute Gasteiger partial charge is 0.272 e. The Morgan fingerprint density at radius 2 is 2.42 bits per heavy atom. The van der Waals surface area contributed by atoms with Crippen LogP contribution in [0.1, 0.15) is 23.3 Å². The van der Waals surface area contributed by atoms with Gasteiger partial charge in [0.2, 0.25) is 0 Å². The molecule has 0 aliphatic carbocycles. The SMILES string of the molecule is CN(C)C(=O)c1cc(NCC2CCCNC2)ccn1. The molecule has 1 saturated heterocycles. The lowest BCUT2D eigenvalue weighted by molar-refractivity contribution is 0.0822. The topological polar surface area (TPSA) is 57.3 Å². The van der Waals surface area contributed by atoms with E-state index in [0.29, 0.717) is 11.6 Å². The molecule has 5 nitrogen and oxygen atoms in total. The average molecular weight is 262 g/mol. The molecular weight excluding hydrogens is 240 g/mol. The van der Waals surface area contributed by atoms with Gasteiger partial charge >= 0.3 is 0 Å². The first kappa shape index (κ1) is 13.8. The zero-order valence-electron chi connectivity index (χ0n) is 11.6. The number of anilines is 1. The van der Waals surface area contributed by atoms with E-state index in [4.69, 9.17) is 0 Å². The van der Waals surface area contributed by atoms with Crippen LogP contribution < -0.4 is 10.6 Å². The van der Waals surface area contributed by atoms with E-state index in [1.54, 1.807) is 20.3 Å². The van der Waals surface area contributed by atoms with Crippen molar-refractivity contribution in [1.82, 2.24) is 15.2 Å². The number of amides is 1. The summed E-state index contributed by atoms with van der Waals surface area (Å²) in [5.41, 5.74) is 1.45. The summed E-state index contributed by atoms with van der Waals surface area (Å²) in [6, 6.07) is 3.72. The highest BCUT2D eigenvalue weighted by Crippen LogP contribution is 2.13. The number of carbonyl (C=O) groups excluding carboxylic acids is 1. The summed E-state index contributed by atoms with van der Waals surface area (Å²) < 4.78 is 0. The zero-order chi connectivity index (χ0) is 13.7. The molecule has 1 fully saturated rings. The van der Waals surface area contributed by atoms with Gasteiger partial charge < -0.3 is 15.5 Å². The second-order valence-corrected chi connectivity index (χ2v) is 5.22. The van der Waals surface area contributed by atoms with Crippen LogP contribution in [0.15, 0.2) is 18.3 Å². The molecular formula is C14H22N4O. The second kappa shape index (κ2) is 6.52. The molecule has 2 heterocycles. The summed E-state index contributed by atoms with van der Waals surface area (Å²) in [4.78, 5) is 17.5. The summed E-state index contributed by atoms with van der Waals surface area (Å²) in [6.07, 6.45) is 4.18. The van der Waals surface area contributed by atoms with Crippen molar-refractivity contribution in [3.05, 3.63) is 24.0 Å². The predicted molar refractivity (Wildman–Crippen MR) is 76.3 cm³/mol. The molecule has 1 aliphatic heterocycles. The highest BCUT2D eigenvalue weighted by molar-refractivity contribution is 5.92. The van der Waals surface area contributed by atoms with Gasteiger partial charge in [0.05, 0.1) is 0 Å². The van der Waals surface area contributed by atoms with Crippen molar-refractivity contribution in [2.75, 3.05) is 39.0 Å². The van der Waals surface area contributed by atoms with Gasteiger partial charge in [0, 0.05) is 32.5 Å². The molecule has 2 rings (SSSR count). The van der Waals surface area contributed by atoms with Crippen LogP contribution >= 0.6 is 0 Å². The average Bonchev–Trinajstić information content (AvgIpc) is 2.45. The first-order valence-electron chi connectivity index (χ1n) is 6.79. The van der Waals surface area contributed by atoms with Gasteiger partial charge in [-0.2, -0.15) is 0 Å². The van der Waals surface area contributed by atoms with Gasteiger partial charge in [-0.15, -0.1) is 0 Å². The Kier molecular flexibility index (Phi) is 4.74. The molecule has 0 spiro atoms. The Morgan fingerprint density at radius 1 is 1.58 bits per heavy atom. The Balaban J connectivity index is 1.93. The van der Waals surface area contributed by atoms with Crippen LogP contribution in [-0.2, 0) is 0 Å². The van der Waals surface area contributed by atoms with Crippen molar-refractivity contribution in [3.63, 3.8) is 0 Å². The molecule has 1 amide bonds. The number of pyridine rings is 1. The van der Waals surface area contributed by atoms with Crippen molar-refractivity contribution in [3.8, 4) is 0 Å². The molecule has 0 radical (unpaired) electrons. The van der Waals surface area contributed by atoms with Crippen molar-refractivity contribution in [2.24, 2.45) is 5.92 Å². The summed E-state index contributed by atoms with van der Waals surface area (Å²) in [5.74, 6) is 0.595. The van der Waals surface area contributed by atoms with Crippen molar-refractivity contribution in [1.29, 1.82) is 0 Å². The number of rotatable bonds is 4. The summed E-state index contributed by atoms with van der Waals surface area (Å²) in [6.45, 7) is 3.14. The molecule has 1 aromatic heterocycles. The Bertz CT molecular complexity index is 427. The van der Waals surface area contributed by atoms with E-state index in [9.17, 15) is 4.79 Å². The first-order chi connectivity index (χ1) is 9.16. The standard InChI is InChI=1S/C14H22N4O/c1-18(2)14(19)13-8-12(5-7-16-13)17-10-11-4-3-6-15-9-11/h5,7-8,11,15H,3-4,6,9-10H2,1-2H3,(H,16,17). The van der Waals surface area contributed by atoms with Crippen LogP contribution in [0.4, 0.5) is 5.69 Å². The normalized spacial score (nSPS) is 18.9. The second-order valence-electron chi connectivity index (χ2n) is 5.22. The molecule has 1 aliphatic rings. The minimum atomic E-state index is -0.0667. The fourth-order valence-electron chi connectivity index (χ4n) is 2.25. The van der Waals surface area contributed by atoms with Crippen LogP contribution in [-0.4, -0.2) is 49.5 Å². The van der Waals surface area contributed by atoms with Gasteiger partial charge in [-0.1, -0.05) is 0 Å². The predicted octanol–water partition coefficient (Wildman–Crippen LogP) is 1.19. The molecule has 1 atom stereocenters. The maximum Gasteiger partial charge on any atom is 0.272 e. The molecule has 5 heteroatoms. The van der Waals surface area contributed by atoms with E-state index >= 15 is 0 Å². The van der Waals surface area contributed by atoms with Crippen LogP contribution in [0.25, 0.3) is 0 Å². The van der Waals surface area contributed by atoms with E-state index in [-0.39, 0.29) is 5.91 Å². The van der Waals surface area contributed by atoms with Crippen molar-refractivity contribution in [2.45, 2.75) is 12.8 Å². The third-order valence-electron chi connectivity index (χ3n) is 3.38. The molecule has 2 N–H and O–H groups in total. The van der Waals surface area contributed by atoms with Gasteiger partial charge in [-0.3, -0.25) is 9.78 Å². The van der Waals surface area contributed by atoms with Gasteiger partial charge in [-0.05, 0) is 44.0 Å². The minimum Gasteiger partial charge on any atom is -0.385 e. The Labute approximate surface area is 114 Å². The lowest BCUT2D eigenvalue weighted by Gasteiger charge is -2.23. The Hall–Kier alpha value is -1.62. The fourth-order valence-corrected chi connectivity index (χ4v) is 2.25. The van der Waals surface area contributed by atoms with E-state index < -0.39 is 0 Å². The third-order valence-corrected chi connectivity index (χ3v) is 3.38. The molecule has 104 valence electrons. The summed E-state index contributed by atoms with van der Waals surface area (Å²) in [5, 5.41) is 6.80. The maximum atomic E-state index is 11.8. The number of nitrogens with zero attached hydrogens (tertiary/aromatic N) is 2. The molecule has 0 bridgehead atoms. The largest absolute Gasteiger partial charge is 0.385 e. The van der Waals surface area contributed by atoms with Gasteiger partial charge in [0.25, 0.3) is 5.91 Å². The molecule has 19 heavy (non-hydrogen) atoms. The quantitative estimate of drug-likeness (QED) is 0.856. The van der Waals surface area contributed by atoms with Crippen molar-refractivity contribution < 1.29 is 4.79 Å². The summed E-state index contributed by atoms with van der Waals surface area (Å²) >= 11 is 0. The monoisotopic (exact) mass is 262 g/mol. The minimum absolute atomic E-state index is 0.0667. The summed E-state index contributed by atoms with van der Waals surface area (Å²) in [7, 11) is 3.47. The lowest BCUT2D eigenvalue weighted by atomic mass is 10.00. The van der Waals surface area contributed by atoms with Crippen LogP contribution in [0.3, 0.4) is 0 Å². The van der Waals surface area contributed by atoms with Crippen LogP contribution in [0.5, 0.6) is 0 Å². The number of hydrogen-bond donors (Lipinski definition) is 2. The third kappa shape index (κ3) is 3.92. The van der Waals surface area contributed by atoms with E-state index in [1.165, 1.54) is 17.7 Å². The van der Waals surface area contributed by atoms with Crippen LogP contribution in [0, 0.1) is 5.92 Å². The lowest BCUT2D eigenvalue weighted by Crippen LogP contribution is -2.33. The molecule has 0 saturated carbocycles. The number of hydrogen-bond acceptors (Lipinski definition) is 4. The van der Waals surface area contributed by atoms with E-state index in [2.05, 4.69) is 15.6 Å². The van der Waals surface area contributed by atoms with E-state index in [0.717, 1.165) is 25.3 Å². The highest BCUT2D eigenvalue weighted by atomic mass is 16.2. The molecule has 1 unspecified atom stereocenters. The van der Waals surface area contributed by atoms with Crippen LogP contribution in [0.2, 0.25) is 0 Å². The number of aromatic nitrogens is 1. The van der Waals surface area contributed by atoms with Gasteiger partial charge in [-0.25, -0.2) is 0 Å². The molecule has 0 aromatic carbocycles. The highest BCUT2D eigenvalue weighted by Gasteiger charge is 2.13. The first-order valence-corrected chi connectivity index (χ1v) is 6.79. The van der Waals surface area contributed by atoms with E-state index in [1.807, 2.05) is 12.1 Å². The number of carbonyl (C=O) groups is 1. The fraction of sp³-hybridized carbons (Fsp3) is 0.571. The molecule has 1 aromatic rings. The Morgan fingerprint density at radius 3 is 3.11 bits per heavy atom.